The Balaban J connectivity index is 0.000000239. The Kier molecular flexibility index (Phi) is 15.9. The molecule has 1 aromatic carbocycles. The lowest BCUT2D eigenvalue weighted by Gasteiger charge is -2.34. The highest BCUT2D eigenvalue weighted by molar-refractivity contribution is 7.97. The number of hydrogen-bond acceptors (Lipinski definition) is 10. The standard InChI is InChI=1S/C20H21ClF2N4OS.C13H28N4O2/c21-17-12-14(20(22)23)13-18(24-17)25-8-10-26(11-9-25)29-16-5-3-15(4-6-16)27-7-1-2-19(27)28;14-6-8-17(9-7-15)10-11-19-13(18)16-12-4-2-1-3-5-12/h3-6,12-13,20H,1-2,7-11H2;12H,1-11,14-15H2,(H,16,18). The maximum atomic E-state index is 13.0. The van der Waals surface area contributed by atoms with Crippen LogP contribution in [-0.2, 0) is 9.53 Å². The third-order valence-electron chi connectivity index (χ3n) is 8.53. The molecule has 3 fully saturated rings. The fraction of sp³-hybridized carbons (Fsp3) is 0.606. The summed E-state index contributed by atoms with van der Waals surface area (Å²) < 4.78 is 33.5. The fourth-order valence-electron chi connectivity index (χ4n) is 5.98. The van der Waals surface area contributed by atoms with Crippen LogP contribution in [-0.4, -0.2) is 104 Å². The maximum Gasteiger partial charge on any atom is 0.407 e. The first-order chi connectivity index (χ1) is 23.2. The summed E-state index contributed by atoms with van der Waals surface area (Å²) in [5, 5.41) is 3.02. The Hall–Kier alpha value is -2.75. The number of ether oxygens (including phenoxy) is 1. The number of nitrogens with one attached hydrogen (secondary N) is 1. The van der Waals surface area contributed by atoms with Crippen LogP contribution in [0.4, 0.5) is 25.1 Å². The average molecular weight is 711 g/mol. The van der Waals surface area contributed by atoms with E-state index in [0.29, 0.717) is 57.6 Å². The van der Waals surface area contributed by atoms with Gasteiger partial charge in [-0.3, -0.25) is 9.69 Å². The molecule has 1 aromatic heterocycles. The number of piperazine rings is 1. The van der Waals surface area contributed by atoms with E-state index in [2.05, 4.69) is 19.5 Å². The van der Waals surface area contributed by atoms with Gasteiger partial charge in [0.2, 0.25) is 5.91 Å². The summed E-state index contributed by atoms with van der Waals surface area (Å²) in [7, 11) is 0. The molecular weight excluding hydrogens is 662 g/mol. The first kappa shape index (κ1) is 38.1. The van der Waals surface area contributed by atoms with E-state index in [1.807, 2.05) is 34.1 Å². The van der Waals surface area contributed by atoms with E-state index in [9.17, 15) is 18.4 Å². The maximum absolute atomic E-state index is 13.0. The number of nitrogens with zero attached hydrogens (tertiary/aromatic N) is 5. The van der Waals surface area contributed by atoms with Crippen LogP contribution < -0.4 is 26.6 Å². The average Bonchev–Trinajstić information content (AvgIpc) is 3.51. The van der Waals surface area contributed by atoms with Crippen molar-refractivity contribution in [3.8, 4) is 0 Å². The van der Waals surface area contributed by atoms with Gasteiger partial charge in [-0.2, -0.15) is 0 Å². The Morgan fingerprint density at radius 1 is 1.00 bits per heavy atom. The summed E-state index contributed by atoms with van der Waals surface area (Å²) in [4.78, 5) is 34.7. The van der Waals surface area contributed by atoms with E-state index in [-0.39, 0.29) is 22.7 Å². The van der Waals surface area contributed by atoms with Crippen molar-refractivity contribution in [3.05, 3.63) is 47.1 Å². The molecule has 3 heterocycles. The summed E-state index contributed by atoms with van der Waals surface area (Å²) in [6.07, 6.45) is 4.50. The second-order valence-electron chi connectivity index (χ2n) is 12.1. The molecule has 0 radical (unpaired) electrons. The number of benzene rings is 1. The summed E-state index contributed by atoms with van der Waals surface area (Å²) in [6, 6.07) is 11.0. The van der Waals surface area contributed by atoms with Gasteiger partial charge in [-0.05, 0) is 67.6 Å². The Morgan fingerprint density at radius 2 is 1.69 bits per heavy atom. The van der Waals surface area contributed by atoms with Gasteiger partial charge in [0, 0.05) is 94.1 Å². The second kappa shape index (κ2) is 20.1. The number of anilines is 2. The first-order valence-electron chi connectivity index (χ1n) is 16.9. The minimum Gasteiger partial charge on any atom is -0.448 e. The molecule has 1 aliphatic carbocycles. The highest BCUT2D eigenvalue weighted by Gasteiger charge is 2.23. The van der Waals surface area contributed by atoms with Crippen LogP contribution in [0.15, 0.2) is 41.3 Å². The summed E-state index contributed by atoms with van der Waals surface area (Å²) in [5.41, 5.74) is 11.9. The molecule has 2 amide bonds. The Labute approximate surface area is 291 Å². The van der Waals surface area contributed by atoms with Crippen LogP contribution in [0.2, 0.25) is 5.15 Å². The molecule has 5 N–H and O–H groups in total. The topological polar surface area (TPSA) is 133 Å². The Bertz CT molecular complexity index is 1280. The number of pyridine rings is 1. The van der Waals surface area contributed by atoms with E-state index in [1.54, 1.807) is 11.9 Å². The van der Waals surface area contributed by atoms with Gasteiger partial charge in [-0.15, -0.1) is 0 Å². The number of alkyl carbamates (subject to hydrolysis) is 1. The summed E-state index contributed by atoms with van der Waals surface area (Å²) >= 11 is 7.57. The lowest BCUT2D eigenvalue weighted by Crippen LogP contribution is -2.43. The van der Waals surface area contributed by atoms with Gasteiger partial charge >= 0.3 is 6.09 Å². The van der Waals surface area contributed by atoms with E-state index in [0.717, 1.165) is 62.6 Å². The smallest absolute Gasteiger partial charge is 0.407 e. The molecule has 0 bridgehead atoms. The number of nitrogens with two attached hydrogens (primary N) is 2. The van der Waals surface area contributed by atoms with Gasteiger partial charge in [0.25, 0.3) is 6.43 Å². The zero-order chi connectivity index (χ0) is 34.3. The monoisotopic (exact) mass is 710 g/mol. The number of carbonyl (C=O) groups is 2. The zero-order valence-electron chi connectivity index (χ0n) is 27.5. The molecule has 5 rings (SSSR count). The predicted molar refractivity (Wildman–Crippen MR) is 188 cm³/mol. The molecule has 0 unspecified atom stereocenters. The van der Waals surface area contributed by atoms with Crippen LogP contribution in [0.3, 0.4) is 0 Å². The molecule has 2 aromatic rings. The largest absolute Gasteiger partial charge is 0.448 e. The first-order valence-corrected chi connectivity index (χ1v) is 18.0. The molecule has 1 saturated carbocycles. The van der Waals surface area contributed by atoms with Crippen molar-refractivity contribution in [2.45, 2.75) is 62.3 Å². The molecular formula is C33H49ClF2N8O3S. The molecule has 48 heavy (non-hydrogen) atoms. The molecule has 11 nitrogen and oxygen atoms in total. The van der Waals surface area contributed by atoms with Crippen molar-refractivity contribution in [2.75, 3.05) is 81.9 Å². The third-order valence-corrected chi connectivity index (χ3v) is 9.83. The van der Waals surface area contributed by atoms with Gasteiger partial charge in [0.05, 0.1) is 0 Å². The van der Waals surface area contributed by atoms with E-state index >= 15 is 0 Å². The van der Waals surface area contributed by atoms with Gasteiger partial charge in [0.15, 0.2) is 0 Å². The van der Waals surface area contributed by atoms with Gasteiger partial charge in [0.1, 0.15) is 17.6 Å². The third kappa shape index (κ3) is 12.3. The molecule has 0 atom stereocenters. The van der Waals surface area contributed by atoms with E-state index in [4.69, 9.17) is 27.8 Å². The van der Waals surface area contributed by atoms with Crippen LogP contribution >= 0.6 is 23.5 Å². The van der Waals surface area contributed by atoms with Crippen molar-refractivity contribution < 1.29 is 23.1 Å². The van der Waals surface area contributed by atoms with Gasteiger partial charge < -0.3 is 31.3 Å². The highest BCUT2D eigenvalue weighted by atomic mass is 35.5. The summed E-state index contributed by atoms with van der Waals surface area (Å²) in [5.74, 6) is 0.684. The Morgan fingerprint density at radius 3 is 2.29 bits per heavy atom. The number of alkyl halides is 2. The molecule has 15 heteroatoms. The number of halogens is 3. The highest BCUT2D eigenvalue weighted by Crippen LogP contribution is 2.30. The minimum absolute atomic E-state index is 0.0891. The number of carbonyl (C=O) groups excluding carboxylic acids is 2. The number of aromatic nitrogens is 1. The van der Waals surface area contributed by atoms with Crippen LogP contribution in [0.1, 0.15) is 56.9 Å². The minimum atomic E-state index is -2.56. The molecule has 2 saturated heterocycles. The number of hydrogen-bond donors (Lipinski definition) is 3. The lowest BCUT2D eigenvalue weighted by atomic mass is 9.96. The second-order valence-corrected chi connectivity index (χ2v) is 13.6. The normalized spacial score (nSPS) is 17.5. The quantitative estimate of drug-likeness (QED) is 0.195. The van der Waals surface area contributed by atoms with E-state index in [1.165, 1.54) is 31.4 Å². The van der Waals surface area contributed by atoms with Crippen molar-refractivity contribution >= 4 is 47.1 Å². The lowest BCUT2D eigenvalue weighted by molar-refractivity contribution is -0.117. The van der Waals surface area contributed by atoms with Crippen LogP contribution in [0.5, 0.6) is 0 Å². The molecule has 266 valence electrons. The van der Waals surface area contributed by atoms with Crippen molar-refractivity contribution in [3.63, 3.8) is 0 Å². The van der Waals surface area contributed by atoms with Crippen LogP contribution in [0.25, 0.3) is 0 Å². The van der Waals surface area contributed by atoms with Gasteiger partial charge in [-0.1, -0.05) is 30.9 Å². The van der Waals surface area contributed by atoms with Crippen LogP contribution in [0, 0.1) is 0 Å². The van der Waals surface area contributed by atoms with E-state index < -0.39 is 6.43 Å². The molecule has 0 spiro atoms. The zero-order valence-corrected chi connectivity index (χ0v) is 29.1. The van der Waals surface area contributed by atoms with Gasteiger partial charge in [-0.25, -0.2) is 22.9 Å². The number of rotatable bonds is 13. The summed E-state index contributed by atoms with van der Waals surface area (Å²) in [6.45, 7) is 7.53. The van der Waals surface area contributed by atoms with Crippen molar-refractivity contribution in [2.24, 2.45) is 11.5 Å². The molecule has 2 aliphatic heterocycles. The van der Waals surface area contributed by atoms with Crippen molar-refractivity contribution in [1.29, 1.82) is 0 Å². The van der Waals surface area contributed by atoms with Crippen molar-refractivity contribution in [1.82, 2.24) is 19.5 Å². The number of amides is 2. The fourth-order valence-corrected chi connectivity index (χ4v) is 7.09. The molecule has 3 aliphatic rings. The SMILES string of the molecule is NCCN(CCN)CCOC(=O)NC1CCCCC1.O=C1CCCN1c1ccc(SN2CCN(c3cc(C(F)F)cc(Cl)n3)CC2)cc1. The predicted octanol–water partition coefficient (Wildman–Crippen LogP) is 4.89.